The highest BCUT2D eigenvalue weighted by atomic mass is 32.2. The lowest BCUT2D eigenvalue weighted by molar-refractivity contribution is 0.626. The summed E-state index contributed by atoms with van der Waals surface area (Å²) < 4.78 is 16.1. The van der Waals surface area contributed by atoms with Gasteiger partial charge in [-0.2, -0.15) is 15.0 Å². The highest BCUT2D eigenvalue weighted by Gasteiger charge is 2.17. The van der Waals surface area contributed by atoms with Crippen molar-refractivity contribution in [3.05, 3.63) is 78.4 Å². The fourth-order valence-corrected chi connectivity index (χ4v) is 3.85. The monoisotopic (exact) mass is 448 g/mol. The van der Waals surface area contributed by atoms with Crippen LogP contribution < -0.4 is 11.1 Å². The Morgan fingerprint density at radius 2 is 1.88 bits per heavy atom. The SMILES string of the molecule is C=CCn1c(SCc2nc(N)nc(Nc3ccccc3C)n2)nnc1-c1ccccc1F. The number of nitrogens with two attached hydrogens (primary N) is 1. The smallest absolute Gasteiger partial charge is 0.232 e. The molecule has 8 nitrogen and oxygen atoms in total. The van der Waals surface area contributed by atoms with Gasteiger partial charge in [0.05, 0.1) is 11.3 Å². The van der Waals surface area contributed by atoms with E-state index < -0.39 is 0 Å². The zero-order valence-corrected chi connectivity index (χ0v) is 18.2. The maximum absolute atomic E-state index is 14.3. The largest absolute Gasteiger partial charge is 0.368 e. The maximum Gasteiger partial charge on any atom is 0.232 e. The van der Waals surface area contributed by atoms with E-state index in [0.29, 0.717) is 40.6 Å². The van der Waals surface area contributed by atoms with Crippen LogP contribution in [0.15, 0.2) is 66.3 Å². The quantitative estimate of drug-likeness (QED) is 0.302. The predicted molar refractivity (Wildman–Crippen MR) is 124 cm³/mol. The number of hydrogen-bond donors (Lipinski definition) is 2. The molecule has 2 heterocycles. The molecule has 0 radical (unpaired) electrons. The first-order valence-corrected chi connectivity index (χ1v) is 10.8. The molecule has 0 amide bonds. The lowest BCUT2D eigenvalue weighted by atomic mass is 10.2. The third kappa shape index (κ3) is 4.75. The second-order valence-corrected chi connectivity index (χ2v) is 7.79. The molecule has 4 aromatic rings. The second kappa shape index (κ2) is 9.56. The summed E-state index contributed by atoms with van der Waals surface area (Å²) in [5.41, 5.74) is 8.21. The molecule has 0 saturated carbocycles. The van der Waals surface area contributed by atoms with E-state index in [1.54, 1.807) is 28.8 Å². The van der Waals surface area contributed by atoms with Crippen molar-refractivity contribution in [1.82, 2.24) is 29.7 Å². The molecule has 0 aliphatic heterocycles. The molecule has 2 aromatic heterocycles. The van der Waals surface area contributed by atoms with Crippen molar-refractivity contribution in [1.29, 1.82) is 0 Å². The Hall–Kier alpha value is -3.79. The minimum atomic E-state index is -0.362. The second-order valence-electron chi connectivity index (χ2n) is 6.85. The summed E-state index contributed by atoms with van der Waals surface area (Å²) in [6.45, 7) is 6.20. The molecular formula is C22H21FN8S. The third-order valence-electron chi connectivity index (χ3n) is 4.56. The Morgan fingerprint density at radius 3 is 2.66 bits per heavy atom. The van der Waals surface area contributed by atoms with E-state index in [9.17, 15) is 4.39 Å². The molecule has 2 aromatic carbocycles. The number of hydrogen-bond acceptors (Lipinski definition) is 8. The molecule has 0 saturated heterocycles. The van der Waals surface area contributed by atoms with Crippen LogP contribution in [0, 0.1) is 12.7 Å². The Labute approximate surface area is 188 Å². The van der Waals surface area contributed by atoms with Crippen LogP contribution in [0.4, 0.5) is 22.0 Å². The highest BCUT2D eigenvalue weighted by Crippen LogP contribution is 2.28. The summed E-state index contributed by atoms with van der Waals surface area (Å²) in [7, 11) is 0. The first kappa shape index (κ1) is 21.4. The average Bonchev–Trinajstić information content (AvgIpc) is 3.16. The number of halogens is 1. The number of rotatable bonds is 8. The molecule has 0 unspecified atom stereocenters. The van der Waals surface area contributed by atoms with Crippen LogP contribution >= 0.6 is 11.8 Å². The minimum Gasteiger partial charge on any atom is -0.368 e. The maximum atomic E-state index is 14.3. The standard InChI is InChI=1S/C22H21FN8S/c1-3-12-31-19(15-9-5-6-10-16(15)23)29-30-22(31)32-13-18-26-20(24)28-21(27-18)25-17-11-7-4-8-14(17)2/h3-11H,1,12-13H2,2H3,(H3,24,25,26,27,28). The molecule has 4 rings (SSSR count). The van der Waals surface area contributed by atoms with Crippen LogP contribution in [-0.2, 0) is 12.3 Å². The molecule has 162 valence electrons. The van der Waals surface area contributed by atoms with Crippen LogP contribution in [-0.4, -0.2) is 29.7 Å². The topological polar surface area (TPSA) is 107 Å². The van der Waals surface area contributed by atoms with Crippen molar-refractivity contribution < 1.29 is 4.39 Å². The number of aromatic nitrogens is 6. The first-order chi connectivity index (χ1) is 15.5. The molecular weight excluding hydrogens is 427 g/mol. The van der Waals surface area contributed by atoms with Gasteiger partial charge in [0.15, 0.2) is 11.0 Å². The predicted octanol–water partition coefficient (Wildman–Crippen LogP) is 4.38. The Balaban J connectivity index is 1.56. The molecule has 3 N–H and O–H groups in total. The van der Waals surface area contributed by atoms with Crippen LogP contribution in [0.1, 0.15) is 11.4 Å². The van der Waals surface area contributed by atoms with Crippen molar-refractivity contribution in [2.24, 2.45) is 0 Å². The number of allylic oxidation sites excluding steroid dienone is 1. The first-order valence-electron chi connectivity index (χ1n) is 9.80. The average molecular weight is 449 g/mol. The fourth-order valence-electron chi connectivity index (χ4n) is 3.05. The third-order valence-corrected chi connectivity index (χ3v) is 5.53. The fraction of sp³-hybridized carbons (Fsp3) is 0.136. The summed E-state index contributed by atoms with van der Waals surface area (Å²) >= 11 is 1.37. The normalized spacial score (nSPS) is 10.8. The lowest BCUT2D eigenvalue weighted by Crippen LogP contribution is -2.07. The molecule has 0 bridgehead atoms. The molecule has 0 aliphatic carbocycles. The molecule has 10 heteroatoms. The van der Waals surface area contributed by atoms with Gasteiger partial charge in [-0.1, -0.05) is 48.2 Å². The van der Waals surface area contributed by atoms with Crippen LogP contribution in [0.3, 0.4) is 0 Å². The number of aryl methyl sites for hydroxylation is 1. The molecule has 0 spiro atoms. The van der Waals surface area contributed by atoms with Crippen LogP contribution in [0.5, 0.6) is 0 Å². The lowest BCUT2D eigenvalue weighted by Gasteiger charge is -2.10. The summed E-state index contributed by atoms with van der Waals surface area (Å²) in [6, 6.07) is 14.3. The van der Waals surface area contributed by atoms with Gasteiger partial charge in [0.25, 0.3) is 0 Å². The van der Waals surface area contributed by atoms with Crippen molar-refractivity contribution in [3.63, 3.8) is 0 Å². The molecule has 0 aliphatic rings. The molecule has 0 atom stereocenters. The summed E-state index contributed by atoms with van der Waals surface area (Å²) in [6.07, 6.45) is 1.71. The van der Waals surface area contributed by atoms with Crippen LogP contribution in [0.2, 0.25) is 0 Å². The van der Waals surface area contributed by atoms with Gasteiger partial charge in [-0.3, -0.25) is 4.57 Å². The van der Waals surface area contributed by atoms with Crippen molar-refractivity contribution >= 4 is 29.3 Å². The van der Waals surface area contributed by atoms with E-state index in [4.69, 9.17) is 5.73 Å². The van der Waals surface area contributed by atoms with Gasteiger partial charge < -0.3 is 11.1 Å². The van der Waals surface area contributed by atoms with E-state index in [1.165, 1.54) is 17.8 Å². The number of benzene rings is 2. The number of thioether (sulfide) groups is 1. The molecule has 32 heavy (non-hydrogen) atoms. The summed E-state index contributed by atoms with van der Waals surface area (Å²) in [4.78, 5) is 12.9. The van der Waals surface area contributed by atoms with Gasteiger partial charge in [0.2, 0.25) is 11.9 Å². The summed E-state index contributed by atoms with van der Waals surface area (Å²) in [5, 5.41) is 12.2. The van der Waals surface area contributed by atoms with Crippen molar-refractivity contribution in [2.45, 2.75) is 24.4 Å². The van der Waals surface area contributed by atoms with Crippen molar-refractivity contribution in [2.75, 3.05) is 11.1 Å². The van der Waals surface area contributed by atoms with Gasteiger partial charge in [0.1, 0.15) is 11.6 Å². The number of para-hydroxylation sites is 1. The Kier molecular flexibility index (Phi) is 6.41. The van der Waals surface area contributed by atoms with Crippen molar-refractivity contribution in [3.8, 4) is 11.4 Å². The Morgan fingerprint density at radius 1 is 1.09 bits per heavy atom. The minimum absolute atomic E-state index is 0.117. The zero-order chi connectivity index (χ0) is 22.5. The van der Waals surface area contributed by atoms with E-state index in [-0.39, 0.29) is 11.8 Å². The van der Waals surface area contributed by atoms with E-state index in [2.05, 4.69) is 37.0 Å². The van der Waals surface area contributed by atoms with Gasteiger partial charge >= 0.3 is 0 Å². The summed E-state index contributed by atoms with van der Waals surface area (Å²) in [5.74, 6) is 1.41. The number of nitrogen functional groups attached to an aromatic ring is 1. The number of nitrogens with one attached hydrogen (secondary N) is 1. The van der Waals surface area contributed by atoms with E-state index in [1.807, 2.05) is 31.2 Å². The number of anilines is 3. The van der Waals surface area contributed by atoms with Crippen LogP contribution in [0.25, 0.3) is 11.4 Å². The van der Waals surface area contributed by atoms with Gasteiger partial charge in [-0.15, -0.1) is 16.8 Å². The highest BCUT2D eigenvalue weighted by molar-refractivity contribution is 7.98. The van der Waals surface area contributed by atoms with E-state index >= 15 is 0 Å². The van der Waals surface area contributed by atoms with Gasteiger partial charge in [0, 0.05) is 12.2 Å². The Bertz CT molecular complexity index is 1260. The van der Waals surface area contributed by atoms with Gasteiger partial charge in [-0.25, -0.2) is 4.39 Å². The number of nitrogens with zero attached hydrogens (tertiary/aromatic N) is 6. The molecule has 0 fully saturated rings. The zero-order valence-electron chi connectivity index (χ0n) is 17.4. The van der Waals surface area contributed by atoms with E-state index in [0.717, 1.165) is 11.3 Å². The van der Waals surface area contributed by atoms with Gasteiger partial charge in [-0.05, 0) is 30.7 Å².